The lowest BCUT2D eigenvalue weighted by Crippen LogP contribution is -2.22. The van der Waals surface area contributed by atoms with Crippen LogP contribution in [0.15, 0.2) is 0 Å². The van der Waals surface area contributed by atoms with Gasteiger partial charge in [0.2, 0.25) is 0 Å². The van der Waals surface area contributed by atoms with Gasteiger partial charge in [0.25, 0.3) is 0 Å². The Bertz CT molecular complexity index is 210. The van der Waals surface area contributed by atoms with E-state index in [0.29, 0.717) is 0 Å². The van der Waals surface area contributed by atoms with Crippen molar-refractivity contribution in [3.63, 3.8) is 0 Å². The third kappa shape index (κ3) is 13.0. The largest absolute Gasteiger partial charge is 0.481 e. The molecular formula is C6H10O8. The standard InChI is InChI=1S/C4H6O5.C2H4O3/c5-2(4(8)9)1-3(6)7;3-1-2(4)5/h2,5H,1H2,(H,6,7)(H,8,9);3H,1H2,(H,4,5). The maximum Gasteiger partial charge on any atom is 0.333 e. The van der Waals surface area contributed by atoms with Gasteiger partial charge < -0.3 is 25.5 Å². The second kappa shape index (κ2) is 7.95. The maximum absolute atomic E-state index is 9.72. The van der Waals surface area contributed by atoms with E-state index < -0.39 is 37.0 Å². The van der Waals surface area contributed by atoms with Gasteiger partial charge in [0.1, 0.15) is 6.61 Å². The summed E-state index contributed by atoms with van der Waals surface area (Å²) in [6.45, 7) is -0.778. The number of aliphatic carboxylic acids is 3. The molecule has 0 aromatic rings. The van der Waals surface area contributed by atoms with E-state index in [0.717, 1.165) is 0 Å². The molecule has 0 fully saturated rings. The second-order valence-electron chi connectivity index (χ2n) is 2.00. The fourth-order valence-corrected chi connectivity index (χ4v) is 0.253. The van der Waals surface area contributed by atoms with Crippen molar-refractivity contribution in [1.82, 2.24) is 0 Å². The van der Waals surface area contributed by atoms with Crippen LogP contribution in [0.5, 0.6) is 0 Å². The van der Waals surface area contributed by atoms with Crippen LogP contribution in [0.4, 0.5) is 0 Å². The van der Waals surface area contributed by atoms with E-state index in [1.807, 2.05) is 0 Å². The minimum atomic E-state index is -1.79. The van der Waals surface area contributed by atoms with Crippen molar-refractivity contribution in [2.45, 2.75) is 12.5 Å². The van der Waals surface area contributed by atoms with Crippen LogP contribution in [0.2, 0.25) is 0 Å². The van der Waals surface area contributed by atoms with Crippen molar-refractivity contribution >= 4 is 17.9 Å². The third-order valence-electron chi connectivity index (χ3n) is 0.788. The number of hydrogen-bond donors (Lipinski definition) is 5. The molecule has 8 nitrogen and oxygen atoms in total. The van der Waals surface area contributed by atoms with Crippen molar-refractivity contribution in [2.24, 2.45) is 0 Å². The van der Waals surface area contributed by atoms with Crippen LogP contribution >= 0.6 is 0 Å². The van der Waals surface area contributed by atoms with Crippen LogP contribution in [0.1, 0.15) is 6.42 Å². The van der Waals surface area contributed by atoms with E-state index in [9.17, 15) is 9.59 Å². The molecule has 0 aliphatic carbocycles. The molecule has 1 atom stereocenters. The molecule has 0 saturated heterocycles. The number of hydrogen-bond acceptors (Lipinski definition) is 5. The van der Waals surface area contributed by atoms with Crippen LogP contribution in [0, 0.1) is 0 Å². The quantitative estimate of drug-likeness (QED) is 0.356. The van der Waals surface area contributed by atoms with Gasteiger partial charge in [0, 0.05) is 0 Å². The van der Waals surface area contributed by atoms with E-state index in [1.54, 1.807) is 0 Å². The summed E-state index contributed by atoms with van der Waals surface area (Å²) < 4.78 is 0. The molecule has 0 radical (unpaired) electrons. The molecule has 0 aromatic heterocycles. The van der Waals surface area contributed by atoms with Gasteiger partial charge in [-0.05, 0) is 0 Å². The van der Waals surface area contributed by atoms with Crippen LogP contribution in [-0.4, -0.2) is 56.2 Å². The Kier molecular flexibility index (Phi) is 8.43. The Labute approximate surface area is 78.0 Å². The number of aliphatic hydroxyl groups is 2. The molecule has 0 spiro atoms. The van der Waals surface area contributed by atoms with Crippen LogP contribution in [0.25, 0.3) is 0 Å². The highest BCUT2D eigenvalue weighted by molar-refractivity contribution is 5.79. The van der Waals surface area contributed by atoms with Gasteiger partial charge in [-0.25, -0.2) is 9.59 Å². The normalized spacial score (nSPS) is 10.7. The summed E-state index contributed by atoms with van der Waals surface area (Å²) >= 11 is 0. The van der Waals surface area contributed by atoms with E-state index >= 15 is 0 Å². The van der Waals surface area contributed by atoms with E-state index in [2.05, 4.69) is 0 Å². The maximum atomic E-state index is 9.72. The molecule has 82 valence electrons. The lowest BCUT2D eigenvalue weighted by molar-refractivity contribution is -0.152. The van der Waals surface area contributed by atoms with Gasteiger partial charge in [-0.3, -0.25) is 4.79 Å². The van der Waals surface area contributed by atoms with Crippen molar-refractivity contribution in [1.29, 1.82) is 0 Å². The molecule has 0 heterocycles. The lowest BCUT2D eigenvalue weighted by atomic mass is 10.3. The summed E-state index contributed by atoms with van der Waals surface area (Å²) in [5.74, 6) is -4.03. The van der Waals surface area contributed by atoms with Crippen LogP contribution in [0.3, 0.4) is 0 Å². The summed E-state index contributed by atoms with van der Waals surface area (Å²) in [5.41, 5.74) is 0. The molecule has 14 heavy (non-hydrogen) atoms. The topological polar surface area (TPSA) is 152 Å². The first-order chi connectivity index (χ1) is 6.31. The molecule has 0 bridgehead atoms. The van der Waals surface area contributed by atoms with Gasteiger partial charge in [-0.2, -0.15) is 0 Å². The Balaban J connectivity index is 0. The van der Waals surface area contributed by atoms with Crippen molar-refractivity contribution in [3.8, 4) is 0 Å². The predicted molar refractivity (Wildman–Crippen MR) is 40.6 cm³/mol. The van der Waals surface area contributed by atoms with E-state index in [4.69, 9.17) is 30.3 Å². The molecule has 5 N–H and O–H groups in total. The highest BCUT2D eigenvalue weighted by atomic mass is 16.4. The summed E-state index contributed by atoms with van der Waals surface area (Å²) in [5, 5.41) is 39.2. The highest BCUT2D eigenvalue weighted by Gasteiger charge is 2.16. The summed E-state index contributed by atoms with van der Waals surface area (Å²) in [6.07, 6.45) is -2.54. The first kappa shape index (κ1) is 14.8. The summed E-state index contributed by atoms with van der Waals surface area (Å²) in [4.78, 5) is 28.5. The predicted octanol–water partition coefficient (Wildman–Crippen LogP) is -2.03. The molecule has 0 aromatic carbocycles. The zero-order chi connectivity index (χ0) is 11.7. The van der Waals surface area contributed by atoms with Crippen LogP contribution < -0.4 is 0 Å². The smallest absolute Gasteiger partial charge is 0.333 e. The molecule has 0 aliphatic heterocycles. The zero-order valence-electron chi connectivity index (χ0n) is 6.95. The van der Waals surface area contributed by atoms with Gasteiger partial charge in [0.15, 0.2) is 6.10 Å². The van der Waals surface area contributed by atoms with Gasteiger partial charge in [0.05, 0.1) is 6.42 Å². The van der Waals surface area contributed by atoms with Crippen molar-refractivity contribution in [3.05, 3.63) is 0 Å². The Morgan fingerprint density at radius 3 is 1.43 bits per heavy atom. The van der Waals surface area contributed by atoms with E-state index in [1.165, 1.54) is 0 Å². The van der Waals surface area contributed by atoms with Crippen LogP contribution in [-0.2, 0) is 14.4 Å². The van der Waals surface area contributed by atoms with E-state index in [-0.39, 0.29) is 0 Å². The molecular weight excluding hydrogens is 200 g/mol. The Hall–Kier alpha value is -1.67. The monoisotopic (exact) mass is 210 g/mol. The van der Waals surface area contributed by atoms with Gasteiger partial charge in [-0.1, -0.05) is 0 Å². The molecule has 0 saturated carbocycles. The van der Waals surface area contributed by atoms with Crippen molar-refractivity contribution in [2.75, 3.05) is 6.61 Å². The molecule has 8 heteroatoms. The Morgan fingerprint density at radius 1 is 1.00 bits per heavy atom. The third-order valence-corrected chi connectivity index (χ3v) is 0.788. The molecule has 0 aliphatic rings. The minimum absolute atomic E-state index is 0.755. The van der Waals surface area contributed by atoms with Gasteiger partial charge >= 0.3 is 17.9 Å². The number of rotatable bonds is 4. The first-order valence-corrected chi connectivity index (χ1v) is 3.26. The average Bonchev–Trinajstić information content (AvgIpc) is 2.04. The lowest BCUT2D eigenvalue weighted by Gasteiger charge is -1.97. The first-order valence-electron chi connectivity index (χ1n) is 3.26. The zero-order valence-corrected chi connectivity index (χ0v) is 6.95. The number of carboxylic acids is 3. The minimum Gasteiger partial charge on any atom is -0.481 e. The molecule has 0 rings (SSSR count). The second-order valence-corrected chi connectivity index (χ2v) is 2.00. The summed E-state index contributed by atoms with van der Waals surface area (Å²) in [6, 6.07) is 0. The number of aliphatic hydroxyl groups excluding tert-OH is 2. The Morgan fingerprint density at radius 2 is 1.36 bits per heavy atom. The van der Waals surface area contributed by atoms with Crippen molar-refractivity contribution < 1.29 is 39.9 Å². The molecule has 0 amide bonds. The fourth-order valence-electron chi connectivity index (χ4n) is 0.253. The SMILES string of the molecule is O=C(O)CC(O)C(=O)O.O=C(O)CO. The summed E-state index contributed by atoms with van der Waals surface area (Å²) in [7, 11) is 0. The fraction of sp³-hybridized carbons (Fsp3) is 0.500. The molecule has 1 unspecified atom stereocenters. The average molecular weight is 210 g/mol. The van der Waals surface area contributed by atoms with Gasteiger partial charge in [-0.15, -0.1) is 0 Å². The highest BCUT2D eigenvalue weighted by Crippen LogP contribution is 1.89. The number of carboxylic acid groups (broad SMARTS) is 3. The number of carbonyl (C=O) groups is 3.